The molecular formula is C18H26O3. The molecule has 0 aliphatic heterocycles. The average Bonchev–Trinajstić information content (AvgIpc) is 2.39. The van der Waals surface area contributed by atoms with Crippen molar-refractivity contribution < 1.29 is 14.3 Å². The second-order valence-corrected chi connectivity index (χ2v) is 6.35. The van der Waals surface area contributed by atoms with Crippen molar-refractivity contribution in [1.29, 1.82) is 0 Å². The standard InChI is InChI=1S/C18H26O3/c1-7-16(19)18(5,6)20-13-12-17(3,4)21-15-10-8-14(2)9-11-15/h7-11H,1,12-13H2,2-6H3. The molecule has 0 aromatic heterocycles. The van der Waals surface area contributed by atoms with Crippen molar-refractivity contribution in [2.45, 2.75) is 52.2 Å². The lowest BCUT2D eigenvalue weighted by Crippen LogP contribution is -2.37. The van der Waals surface area contributed by atoms with Gasteiger partial charge in [0, 0.05) is 6.42 Å². The molecule has 1 rings (SSSR count). The van der Waals surface area contributed by atoms with Gasteiger partial charge in [0.15, 0.2) is 5.78 Å². The largest absolute Gasteiger partial charge is 0.488 e. The van der Waals surface area contributed by atoms with Gasteiger partial charge in [0.05, 0.1) is 6.61 Å². The molecule has 21 heavy (non-hydrogen) atoms. The summed E-state index contributed by atoms with van der Waals surface area (Å²) in [4.78, 5) is 11.6. The molecule has 0 saturated carbocycles. The van der Waals surface area contributed by atoms with Gasteiger partial charge in [-0.25, -0.2) is 0 Å². The van der Waals surface area contributed by atoms with E-state index in [1.165, 1.54) is 11.6 Å². The van der Waals surface area contributed by atoms with Crippen LogP contribution in [0.2, 0.25) is 0 Å². The number of carbonyl (C=O) groups is 1. The summed E-state index contributed by atoms with van der Waals surface area (Å²) in [6.45, 7) is 13.5. The van der Waals surface area contributed by atoms with Gasteiger partial charge in [-0.1, -0.05) is 24.3 Å². The van der Waals surface area contributed by atoms with Crippen molar-refractivity contribution in [1.82, 2.24) is 0 Å². The molecule has 0 unspecified atom stereocenters. The highest BCUT2D eigenvalue weighted by Gasteiger charge is 2.27. The number of carbonyl (C=O) groups excluding carboxylic acids is 1. The molecule has 0 aliphatic carbocycles. The molecule has 0 amide bonds. The predicted octanol–water partition coefficient (Wildman–Crippen LogP) is 4.09. The summed E-state index contributed by atoms with van der Waals surface area (Å²) in [7, 11) is 0. The van der Waals surface area contributed by atoms with E-state index in [9.17, 15) is 4.79 Å². The van der Waals surface area contributed by atoms with E-state index < -0.39 is 5.60 Å². The van der Waals surface area contributed by atoms with E-state index in [0.29, 0.717) is 13.0 Å². The lowest BCUT2D eigenvalue weighted by molar-refractivity contribution is -0.136. The quantitative estimate of drug-likeness (QED) is 0.676. The Morgan fingerprint density at radius 2 is 1.76 bits per heavy atom. The first kappa shape index (κ1) is 17.4. The fourth-order valence-electron chi connectivity index (χ4n) is 1.85. The molecule has 0 saturated heterocycles. The number of ether oxygens (including phenoxy) is 2. The third kappa shape index (κ3) is 5.72. The Morgan fingerprint density at radius 3 is 2.29 bits per heavy atom. The van der Waals surface area contributed by atoms with E-state index in [2.05, 4.69) is 6.58 Å². The Morgan fingerprint density at radius 1 is 1.19 bits per heavy atom. The van der Waals surface area contributed by atoms with Crippen LogP contribution in [0.1, 0.15) is 39.7 Å². The summed E-state index contributed by atoms with van der Waals surface area (Å²) < 4.78 is 11.6. The molecule has 0 bridgehead atoms. The van der Waals surface area contributed by atoms with Crippen molar-refractivity contribution in [3.63, 3.8) is 0 Å². The minimum absolute atomic E-state index is 0.111. The van der Waals surface area contributed by atoms with Crippen LogP contribution in [0, 0.1) is 6.92 Å². The number of hydrogen-bond donors (Lipinski definition) is 0. The van der Waals surface area contributed by atoms with Crippen molar-refractivity contribution in [2.75, 3.05) is 6.61 Å². The highest BCUT2D eigenvalue weighted by atomic mass is 16.5. The number of hydrogen-bond acceptors (Lipinski definition) is 3. The molecule has 0 fully saturated rings. The first-order chi connectivity index (χ1) is 9.66. The molecule has 0 N–H and O–H groups in total. The molecule has 0 aliphatic rings. The third-order valence-electron chi connectivity index (χ3n) is 3.36. The maximum atomic E-state index is 11.6. The van der Waals surface area contributed by atoms with Gasteiger partial charge in [-0.05, 0) is 52.8 Å². The minimum atomic E-state index is -0.832. The zero-order chi connectivity index (χ0) is 16.1. The fraction of sp³-hybridized carbons (Fsp3) is 0.500. The molecule has 0 heterocycles. The Hall–Kier alpha value is -1.61. The van der Waals surface area contributed by atoms with Crippen molar-refractivity contribution in [3.8, 4) is 5.75 Å². The molecular weight excluding hydrogens is 264 g/mol. The number of rotatable bonds is 8. The number of ketones is 1. The molecule has 116 valence electrons. The molecule has 1 aromatic rings. The van der Waals surface area contributed by atoms with Crippen LogP contribution in [0.4, 0.5) is 0 Å². The summed E-state index contributed by atoms with van der Waals surface area (Å²) in [5.41, 5.74) is 0.0118. The van der Waals surface area contributed by atoms with E-state index in [1.807, 2.05) is 45.0 Å². The fourth-order valence-corrected chi connectivity index (χ4v) is 1.85. The second-order valence-electron chi connectivity index (χ2n) is 6.35. The van der Waals surface area contributed by atoms with Crippen molar-refractivity contribution in [2.24, 2.45) is 0 Å². The van der Waals surface area contributed by atoms with Gasteiger partial charge in [0.2, 0.25) is 0 Å². The van der Waals surface area contributed by atoms with Crippen LogP contribution in [0.25, 0.3) is 0 Å². The van der Waals surface area contributed by atoms with Gasteiger partial charge in [-0.15, -0.1) is 0 Å². The third-order valence-corrected chi connectivity index (χ3v) is 3.36. The van der Waals surface area contributed by atoms with Crippen LogP contribution in [-0.4, -0.2) is 23.6 Å². The van der Waals surface area contributed by atoms with Crippen molar-refractivity contribution >= 4 is 5.78 Å². The first-order valence-electron chi connectivity index (χ1n) is 7.23. The second kappa shape index (κ2) is 6.90. The van der Waals surface area contributed by atoms with Crippen LogP contribution < -0.4 is 4.74 Å². The zero-order valence-electron chi connectivity index (χ0n) is 13.7. The maximum absolute atomic E-state index is 11.6. The molecule has 0 spiro atoms. The number of aryl methyl sites for hydroxylation is 1. The van der Waals surface area contributed by atoms with Crippen molar-refractivity contribution in [3.05, 3.63) is 42.5 Å². The molecule has 3 nitrogen and oxygen atoms in total. The van der Waals surface area contributed by atoms with Gasteiger partial charge >= 0.3 is 0 Å². The van der Waals surface area contributed by atoms with Crippen LogP contribution in [-0.2, 0) is 9.53 Å². The highest BCUT2D eigenvalue weighted by Crippen LogP contribution is 2.22. The summed E-state index contributed by atoms with van der Waals surface area (Å²) in [5.74, 6) is 0.729. The van der Waals surface area contributed by atoms with E-state index in [1.54, 1.807) is 13.8 Å². The normalized spacial score (nSPS) is 12.0. The van der Waals surface area contributed by atoms with Crippen LogP contribution in [0.15, 0.2) is 36.9 Å². The molecule has 0 atom stereocenters. The highest BCUT2D eigenvalue weighted by molar-refractivity contribution is 5.95. The summed E-state index contributed by atoms with van der Waals surface area (Å²) >= 11 is 0. The molecule has 3 heteroatoms. The van der Waals surface area contributed by atoms with Gasteiger partial charge in [-0.3, -0.25) is 4.79 Å². The molecule has 0 radical (unpaired) electrons. The van der Waals surface area contributed by atoms with Gasteiger partial charge in [0.25, 0.3) is 0 Å². The topological polar surface area (TPSA) is 35.5 Å². The van der Waals surface area contributed by atoms with Crippen LogP contribution >= 0.6 is 0 Å². The van der Waals surface area contributed by atoms with Gasteiger partial charge < -0.3 is 9.47 Å². The summed E-state index contributed by atoms with van der Waals surface area (Å²) in [5, 5.41) is 0. The Labute approximate surface area is 128 Å². The minimum Gasteiger partial charge on any atom is -0.488 e. The first-order valence-corrected chi connectivity index (χ1v) is 7.23. The average molecular weight is 290 g/mol. The number of benzene rings is 1. The smallest absolute Gasteiger partial charge is 0.186 e. The summed E-state index contributed by atoms with van der Waals surface area (Å²) in [6.07, 6.45) is 1.99. The Bertz CT molecular complexity index is 484. The summed E-state index contributed by atoms with van der Waals surface area (Å²) in [6, 6.07) is 7.97. The Kier molecular flexibility index (Phi) is 5.73. The Balaban J connectivity index is 2.51. The van der Waals surface area contributed by atoms with Crippen LogP contribution in [0.3, 0.4) is 0 Å². The zero-order valence-corrected chi connectivity index (χ0v) is 13.7. The van der Waals surface area contributed by atoms with Gasteiger partial charge in [0.1, 0.15) is 17.0 Å². The SMILES string of the molecule is C=CC(=O)C(C)(C)OCCC(C)(C)Oc1ccc(C)cc1. The maximum Gasteiger partial charge on any atom is 0.186 e. The van der Waals surface area contributed by atoms with E-state index in [0.717, 1.165) is 5.75 Å². The van der Waals surface area contributed by atoms with Gasteiger partial charge in [-0.2, -0.15) is 0 Å². The van der Waals surface area contributed by atoms with Crippen LogP contribution in [0.5, 0.6) is 5.75 Å². The van der Waals surface area contributed by atoms with E-state index >= 15 is 0 Å². The lowest BCUT2D eigenvalue weighted by Gasteiger charge is -2.29. The molecule has 1 aromatic carbocycles. The monoisotopic (exact) mass is 290 g/mol. The predicted molar refractivity (Wildman–Crippen MR) is 85.7 cm³/mol. The van der Waals surface area contributed by atoms with E-state index in [4.69, 9.17) is 9.47 Å². The van der Waals surface area contributed by atoms with E-state index in [-0.39, 0.29) is 11.4 Å². The lowest BCUT2D eigenvalue weighted by atomic mass is 10.0.